The van der Waals surface area contributed by atoms with Crippen LogP contribution in [0.15, 0.2) is 11.1 Å². The average Bonchev–Trinajstić information content (AvgIpc) is 2.86. The lowest BCUT2D eigenvalue weighted by molar-refractivity contribution is -0.146. The van der Waals surface area contributed by atoms with Gasteiger partial charge < -0.3 is 5.11 Å². The summed E-state index contributed by atoms with van der Waals surface area (Å²) in [5.41, 5.74) is -0.465. The Hall–Kier alpha value is -1.41. The van der Waals surface area contributed by atoms with Gasteiger partial charge in [-0.15, -0.1) is 0 Å². The number of aryl methyl sites for hydroxylation is 1. The summed E-state index contributed by atoms with van der Waals surface area (Å²) in [5.74, 6) is -0.965. The number of hydrogen-bond acceptors (Lipinski definition) is 4. The summed E-state index contributed by atoms with van der Waals surface area (Å²) >= 11 is 0. The van der Waals surface area contributed by atoms with Crippen LogP contribution in [0.25, 0.3) is 0 Å². The predicted octanol–water partition coefficient (Wildman–Crippen LogP) is 0.214. The molecule has 8 heteroatoms. The van der Waals surface area contributed by atoms with Crippen LogP contribution in [0.3, 0.4) is 0 Å². The zero-order chi connectivity index (χ0) is 14.4. The van der Waals surface area contributed by atoms with E-state index in [-0.39, 0.29) is 18.0 Å². The van der Waals surface area contributed by atoms with E-state index in [1.54, 1.807) is 20.9 Å². The molecule has 0 radical (unpaired) electrons. The van der Waals surface area contributed by atoms with Gasteiger partial charge in [0.25, 0.3) is 0 Å². The average molecular weight is 287 g/mol. The van der Waals surface area contributed by atoms with Crippen molar-refractivity contribution in [3.05, 3.63) is 11.9 Å². The fourth-order valence-electron chi connectivity index (χ4n) is 2.17. The maximum atomic E-state index is 12.5. The van der Waals surface area contributed by atoms with E-state index < -0.39 is 21.4 Å². The Kier molecular flexibility index (Phi) is 3.18. The molecule has 1 saturated heterocycles. The van der Waals surface area contributed by atoms with E-state index >= 15 is 0 Å². The second kappa shape index (κ2) is 4.31. The lowest BCUT2D eigenvalue weighted by Crippen LogP contribution is -2.35. The van der Waals surface area contributed by atoms with Gasteiger partial charge in [0.2, 0.25) is 10.0 Å². The van der Waals surface area contributed by atoms with Gasteiger partial charge in [-0.1, -0.05) is 0 Å². The molecular weight excluding hydrogens is 270 g/mol. The molecule has 2 heterocycles. The molecular formula is C11H17N3O4S. The van der Waals surface area contributed by atoms with Crippen LogP contribution in [0.2, 0.25) is 0 Å². The second-order valence-corrected chi connectivity index (χ2v) is 7.08. The van der Waals surface area contributed by atoms with Crippen molar-refractivity contribution in [3.8, 4) is 0 Å². The van der Waals surface area contributed by atoms with E-state index in [4.69, 9.17) is 5.11 Å². The molecule has 1 atom stereocenters. The van der Waals surface area contributed by atoms with Crippen LogP contribution < -0.4 is 0 Å². The summed E-state index contributed by atoms with van der Waals surface area (Å²) in [6.07, 6.45) is 1.63. The van der Waals surface area contributed by atoms with Crippen LogP contribution in [-0.4, -0.2) is 46.7 Å². The summed E-state index contributed by atoms with van der Waals surface area (Å²) in [5, 5.41) is 13.1. The Morgan fingerprint density at radius 3 is 2.58 bits per heavy atom. The van der Waals surface area contributed by atoms with Crippen LogP contribution in [0.5, 0.6) is 0 Å². The molecule has 0 aromatic carbocycles. The first-order valence-electron chi connectivity index (χ1n) is 5.91. The van der Waals surface area contributed by atoms with Crippen molar-refractivity contribution in [2.24, 2.45) is 12.5 Å². The third kappa shape index (κ3) is 2.14. The minimum absolute atomic E-state index is 0.000991. The van der Waals surface area contributed by atoms with Crippen molar-refractivity contribution in [2.45, 2.75) is 25.2 Å². The highest BCUT2D eigenvalue weighted by Crippen LogP contribution is 2.34. The van der Waals surface area contributed by atoms with Gasteiger partial charge in [-0.2, -0.15) is 9.40 Å². The van der Waals surface area contributed by atoms with Gasteiger partial charge in [-0.05, 0) is 20.3 Å². The van der Waals surface area contributed by atoms with Crippen LogP contribution >= 0.6 is 0 Å². The molecule has 0 spiro atoms. The van der Waals surface area contributed by atoms with Crippen LogP contribution in [-0.2, 0) is 21.9 Å². The van der Waals surface area contributed by atoms with E-state index in [1.165, 1.54) is 15.2 Å². The molecule has 0 amide bonds. The van der Waals surface area contributed by atoms with Gasteiger partial charge in [-0.25, -0.2) is 8.42 Å². The maximum Gasteiger partial charge on any atom is 0.310 e. The topological polar surface area (TPSA) is 92.5 Å². The van der Waals surface area contributed by atoms with E-state index in [0.717, 1.165) is 0 Å². The Morgan fingerprint density at radius 1 is 1.53 bits per heavy atom. The first-order chi connectivity index (χ1) is 8.68. The number of carboxylic acids is 1. The lowest BCUT2D eigenvalue weighted by Gasteiger charge is -2.19. The van der Waals surface area contributed by atoms with Gasteiger partial charge in [-0.3, -0.25) is 9.48 Å². The molecule has 106 valence electrons. The normalized spacial score (nSPS) is 24.8. The first-order valence-corrected chi connectivity index (χ1v) is 7.35. The maximum absolute atomic E-state index is 12.5. The van der Waals surface area contributed by atoms with E-state index in [1.807, 2.05) is 0 Å². The molecule has 1 aromatic heterocycles. The summed E-state index contributed by atoms with van der Waals surface area (Å²) in [6, 6.07) is 0. The first kappa shape index (κ1) is 14.0. The molecule has 0 saturated carbocycles. The van der Waals surface area contributed by atoms with Gasteiger partial charge >= 0.3 is 5.97 Å². The van der Waals surface area contributed by atoms with Gasteiger partial charge in [0.1, 0.15) is 4.90 Å². The second-order valence-electron chi connectivity index (χ2n) is 5.17. The molecule has 1 unspecified atom stereocenters. The fraction of sp³-hybridized carbons (Fsp3) is 0.636. The number of aromatic nitrogens is 2. The van der Waals surface area contributed by atoms with Crippen molar-refractivity contribution in [1.82, 2.24) is 14.1 Å². The number of rotatable bonds is 3. The van der Waals surface area contributed by atoms with Crippen molar-refractivity contribution in [2.75, 3.05) is 13.1 Å². The Labute approximate surface area is 111 Å². The highest BCUT2D eigenvalue weighted by atomic mass is 32.2. The monoisotopic (exact) mass is 287 g/mol. The summed E-state index contributed by atoms with van der Waals surface area (Å²) in [4.78, 5) is 11.3. The van der Waals surface area contributed by atoms with Crippen LogP contribution in [0.4, 0.5) is 0 Å². The quantitative estimate of drug-likeness (QED) is 0.858. The molecule has 19 heavy (non-hydrogen) atoms. The molecule has 0 aliphatic carbocycles. The van der Waals surface area contributed by atoms with Crippen molar-refractivity contribution >= 4 is 16.0 Å². The molecule has 1 N–H and O–H groups in total. The largest absolute Gasteiger partial charge is 0.481 e. The third-order valence-corrected chi connectivity index (χ3v) is 5.71. The fourth-order valence-corrected chi connectivity index (χ4v) is 3.92. The number of aliphatic carboxylic acids is 1. The summed E-state index contributed by atoms with van der Waals surface area (Å²) < 4.78 is 27.6. The number of hydrogen-bond donors (Lipinski definition) is 1. The summed E-state index contributed by atoms with van der Waals surface area (Å²) in [6.45, 7) is 3.46. The van der Waals surface area contributed by atoms with Gasteiger partial charge in [0.05, 0.1) is 17.3 Å². The molecule has 1 fully saturated rings. The van der Waals surface area contributed by atoms with Crippen LogP contribution in [0, 0.1) is 12.3 Å². The zero-order valence-corrected chi connectivity index (χ0v) is 11.9. The Morgan fingerprint density at radius 2 is 2.16 bits per heavy atom. The number of sulfonamides is 1. The smallest absolute Gasteiger partial charge is 0.310 e. The van der Waals surface area contributed by atoms with Crippen molar-refractivity contribution < 1.29 is 18.3 Å². The summed E-state index contributed by atoms with van der Waals surface area (Å²) in [7, 11) is -2.00. The predicted molar refractivity (Wildman–Crippen MR) is 67.1 cm³/mol. The minimum atomic E-state index is -3.67. The van der Waals surface area contributed by atoms with E-state index in [0.29, 0.717) is 12.1 Å². The van der Waals surface area contributed by atoms with Crippen molar-refractivity contribution in [3.63, 3.8) is 0 Å². The molecule has 1 aliphatic heterocycles. The Balaban J connectivity index is 2.33. The van der Waals surface area contributed by atoms with E-state index in [9.17, 15) is 13.2 Å². The molecule has 7 nitrogen and oxygen atoms in total. The number of carbonyl (C=O) groups is 1. The Bertz CT molecular complexity index is 622. The standard InChI is InChI=1S/C11H17N3O4S/c1-8-9(6-12-13(8)3)19(17,18)14-5-4-11(2,7-14)10(15)16/h6H,4-5,7H2,1-3H3,(H,15,16). The van der Waals surface area contributed by atoms with Gasteiger partial charge in [0.15, 0.2) is 0 Å². The van der Waals surface area contributed by atoms with Gasteiger partial charge in [0, 0.05) is 20.1 Å². The minimum Gasteiger partial charge on any atom is -0.481 e. The molecule has 0 bridgehead atoms. The zero-order valence-electron chi connectivity index (χ0n) is 11.1. The third-order valence-electron chi connectivity index (χ3n) is 3.76. The highest BCUT2D eigenvalue weighted by Gasteiger charge is 2.45. The molecule has 2 rings (SSSR count). The SMILES string of the molecule is Cc1c(S(=O)(=O)N2CCC(C)(C(=O)O)C2)cnn1C. The van der Waals surface area contributed by atoms with Crippen LogP contribution in [0.1, 0.15) is 19.0 Å². The lowest BCUT2D eigenvalue weighted by atomic mass is 9.90. The number of carboxylic acid groups (broad SMARTS) is 1. The van der Waals surface area contributed by atoms with Crippen molar-refractivity contribution in [1.29, 1.82) is 0 Å². The molecule has 1 aliphatic rings. The van der Waals surface area contributed by atoms with E-state index in [2.05, 4.69) is 5.10 Å². The highest BCUT2D eigenvalue weighted by molar-refractivity contribution is 7.89. The number of nitrogens with zero attached hydrogens (tertiary/aromatic N) is 3. The molecule has 1 aromatic rings.